The summed E-state index contributed by atoms with van der Waals surface area (Å²) in [7, 11) is -0.894. The van der Waals surface area contributed by atoms with Gasteiger partial charge in [0.25, 0.3) is 15.9 Å². The fraction of sp³-hybridized carbons (Fsp3) is 0.350. The number of aryl methyl sites for hydroxylation is 2. The largest absolute Gasteiger partial charge is 0.495 e. The topological polar surface area (TPSA) is 84.9 Å². The Labute approximate surface area is 165 Å². The van der Waals surface area contributed by atoms with E-state index in [1.807, 2.05) is 6.92 Å². The number of hydrogen-bond acceptors (Lipinski definition) is 5. The van der Waals surface area contributed by atoms with E-state index in [0.29, 0.717) is 12.2 Å². The number of hydrogen-bond donors (Lipinski definition) is 1. The second-order valence-electron chi connectivity index (χ2n) is 6.69. The lowest BCUT2D eigenvalue weighted by atomic mass is 10.0. The first-order valence-electron chi connectivity index (χ1n) is 8.95. The van der Waals surface area contributed by atoms with E-state index >= 15 is 0 Å². The van der Waals surface area contributed by atoms with Gasteiger partial charge in [0.05, 0.1) is 7.11 Å². The zero-order chi connectivity index (χ0) is 20.3. The highest BCUT2D eigenvalue weighted by Crippen LogP contribution is 2.32. The van der Waals surface area contributed by atoms with Crippen LogP contribution in [0.1, 0.15) is 17.5 Å². The second kappa shape index (κ2) is 8.20. The zero-order valence-electron chi connectivity index (χ0n) is 16.2. The fourth-order valence-corrected chi connectivity index (χ4v) is 4.63. The van der Waals surface area contributed by atoms with Crippen molar-refractivity contribution < 1.29 is 22.7 Å². The van der Waals surface area contributed by atoms with E-state index < -0.39 is 10.0 Å². The molecule has 8 heteroatoms. The molecule has 0 spiro atoms. The molecule has 1 heterocycles. The van der Waals surface area contributed by atoms with Crippen LogP contribution in [0.5, 0.6) is 5.75 Å². The second-order valence-corrected chi connectivity index (χ2v) is 8.34. The standard InChI is InChI=1S/C20H24N2O5S/c1-14-6-9-18(27-3)19(11-14)28(24,25)21-16-7-8-17-15(12-16)5-4-10-22(17)20(23)13-26-2/h6-9,11-12,21H,4-5,10,13H2,1-3H3. The molecule has 0 saturated carbocycles. The summed E-state index contributed by atoms with van der Waals surface area (Å²) < 4.78 is 38.5. The summed E-state index contributed by atoms with van der Waals surface area (Å²) in [5.41, 5.74) is 2.98. The Kier molecular flexibility index (Phi) is 5.90. The molecule has 0 aliphatic carbocycles. The molecule has 7 nitrogen and oxygen atoms in total. The third-order valence-corrected chi connectivity index (χ3v) is 6.03. The number of sulfonamides is 1. The normalized spacial score (nSPS) is 13.8. The molecular weight excluding hydrogens is 380 g/mol. The number of fused-ring (bicyclic) bond motifs is 1. The predicted molar refractivity (Wildman–Crippen MR) is 108 cm³/mol. The highest BCUT2D eigenvalue weighted by atomic mass is 32.2. The van der Waals surface area contributed by atoms with Crippen LogP contribution in [0.25, 0.3) is 0 Å². The van der Waals surface area contributed by atoms with Gasteiger partial charge >= 0.3 is 0 Å². The third kappa shape index (κ3) is 4.13. The Morgan fingerprint density at radius 2 is 1.96 bits per heavy atom. The van der Waals surface area contributed by atoms with E-state index in [9.17, 15) is 13.2 Å². The van der Waals surface area contributed by atoms with Crippen molar-refractivity contribution in [2.75, 3.05) is 37.0 Å². The Morgan fingerprint density at radius 1 is 1.18 bits per heavy atom. The Hall–Kier alpha value is -2.58. The Bertz CT molecular complexity index is 988. The van der Waals surface area contributed by atoms with Gasteiger partial charge in [0.15, 0.2) is 0 Å². The van der Waals surface area contributed by atoms with Crippen molar-refractivity contribution in [2.45, 2.75) is 24.7 Å². The van der Waals surface area contributed by atoms with Crippen LogP contribution >= 0.6 is 0 Å². The summed E-state index contributed by atoms with van der Waals surface area (Å²) >= 11 is 0. The lowest BCUT2D eigenvalue weighted by Gasteiger charge is -2.29. The number of nitrogens with one attached hydrogen (secondary N) is 1. The van der Waals surface area contributed by atoms with E-state index in [1.165, 1.54) is 14.2 Å². The molecule has 0 aromatic heterocycles. The van der Waals surface area contributed by atoms with Gasteiger partial charge in [-0.2, -0.15) is 0 Å². The molecule has 1 N–H and O–H groups in total. The number of benzene rings is 2. The molecule has 0 fully saturated rings. The average Bonchev–Trinajstić information content (AvgIpc) is 2.67. The molecule has 0 atom stereocenters. The van der Waals surface area contributed by atoms with Gasteiger partial charge in [-0.25, -0.2) is 8.42 Å². The van der Waals surface area contributed by atoms with Crippen LogP contribution in [-0.2, 0) is 26.0 Å². The predicted octanol–water partition coefficient (Wildman–Crippen LogP) is 2.73. The maximum Gasteiger partial charge on any atom is 0.265 e. The van der Waals surface area contributed by atoms with E-state index in [1.54, 1.807) is 41.3 Å². The first-order valence-corrected chi connectivity index (χ1v) is 10.4. The fourth-order valence-electron chi connectivity index (χ4n) is 3.33. The summed E-state index contributed by atoms with van der Waals surface area (Å²) in [6.07, 6.45) is 1.58. The van der Waals surface area contributed by atoms with Crippen molar-refractivity contribution in [3.8, 4) is 5.75 Å². The molecule has 3 rings (SSSR count). The van der Waals surface area contributed by atoms with E-state index in [-0.39, 0.29) is 23.2 Å². The van der Waals surface area contributed by atoms with Crippen LogP contribution in [0, 0.1) is 6.92 Å². The molecule has 150 valence electrons. The van der Waals surface area contributed by atoms with Gasteiger partial charge in [-0.1, -0.05) is 6.07 Å². The van der Waals surface area contributed by atoms with Crippen molar-refractivity contribution >= 4 is 27.3 Å². The first-order chi connectivity index (χ1) is 13.4. The molecule has 0 saturated heterocycles. The highest BCUT2D eigenvalue weighted by molar-refractivity contribution is 7.92. The van der Waals surface area contributed by atoms with Crippen LogP contribution < -0.4 is 14.4 Å². The maximum atomic E-state index is 12.9. The number of ether oxygens (including phenoxy) is 2. The van der Waals surface area contributed by atoms with Crippen molar-refractivity contribution in [3.05, 3.63) is 47.5 Å². The minimum Gasteiger partial charge on any atom is -0.495 e. The number of amides is 1. The SMILES string of the molecule is COCC(=O)N1CCCc2cc(NS(=O)(=O)c3cc(C)ccc3OC)ccc21. The van der Waals surface area contributed by atoms with Gasteiger partial charge in [0.1, 0.15) is 17.3 Å². The Morgan fingerprint density at radius 3 is 2.68 bits per heavy atom. The van der Waals surface area contributed by atoms with E-state index in [0.717, 1.165) is 29.7 Å². The van der Waals surface area contributed by atoms with Crippen LogP contribution in [0.4, 0.5) is 11.4 Å². The molecule has 2 aromatic carbocycles. The number of rotatable bonds is 6. The quantitative estimate of drug-likeness (QED) is 0.800. The van der Waals surface area contributed by atoms with Gasteiger partial charge < -0.3 is 14.4 Å². The Balaban J connectivity index is 1.90. The van der Waals surface area contributed by atoms with Crippen LogP contribution in [0.2, 0.25) is 0 Å². The number of anilines is 2. The molecule has 28 heavy (non-hydrogen) atoms. The minimum atomic E-state index is -3.82. The number of methoxy groups -OCH3 is 2. The van der Waals surface area contributed by atoms with Crippen LogP contribution in [0.15, 0.2) is 41.3 Å². The zero-order valence-corrected chi connectivity index (χ0v) is 17.0. The van der Waals surface area contributed by atoms with Gasteiger partial charge in [-0.05, 0) is 61.2 Å². The maximum absolute atomic E-state index is 12.9. The summed E-state index contributed by atoms with van der Waals surface area (Å²) in [6.45, 7) is 2.46. The summed E-state index contributed by atoms with van der Waals surface area (Å²) in [5, 5.41) is 0. The van der Waals surface area contributed by atoms with Crippen molar-refractivity contribution in [3.63, 3.8) is 0 Å². The average molecular weight is 404 g/mol. The highest BCUT2D eigenvalue weighted by Gasteiger charge is 2.24. The summed E-state index contributed by atoms with van der Waals surface area (Å²) in [5.74, 6) is 0.175. The molecule has 1 aliphatic rings. The third-order valence-electron chi connectivity index (χ3n) is 4.63. The van der Waals surface area contributed by atoms with E-state index in [2.05, 4.69) is 4.72 Å². The van der Waals surface area contributed by atoms with Crippen LogP contribution in [-0.4, -0.2) is 41.7 Å². The number of carbonyl (C=O) groups is 1. The lowest BCUT2D eigenvalue weighted by molar-refractivity contribution is -0.122. The van der Waals surface area contributed by atoms with Crippen molar-refractivity contribution in [2.24, 2.45) is 0 Å². The molecule has 0 unspecified atom stereocenters. The van der Waals surface area contributed by atoms with Gasteiger partial charge in [0.2, 0.25) is 0 Å². The summed E-state index contributed by atoms with van der Waals surface area (Å²) in [6, 6.07) is 10.2. The molecule has 1 amide bonds. The number of carbonyl (C=O) groups excluding carboxylic acids is 1. The molecule has 0 bridgehead atoms. The van der Waals surface area contributed by atoms with Gasteiger partial charge in [-0.15, -0.1) is 0 Å². The van der Waals surface area contributed by atoms with Gasteiger partial charge in [-0.3, -0.25) is 9.52 Å². The molecule has 0 radical (unpaired) electrons. The van der Waals surface area contributed by atoms with Crippen molar-refractivity contribution in [1.82, 2.24) is 0 Å². The summed E-state index contributed by atoms with van der Waals surface area (Å²) in [4.78, 5) is 14.0. The molecule has 1 aliphatic heterocycles. The van der Waals surface area contributed by atoms with Crippen molar-refractivity contribution in [1.29, 1.82) is 0 Å². The monoisotopic (exact) mass is 404 g/mol. The molecule has 2 aromatic rings. The van der Waals surface area contributed by atoms with Gasteiger partial charge in [0, 0.05) is 25.0 Å². The van der Waals surface area contributed by atoms with E-state index in [4.69, 9.17) is 9.47 Å². The minimum absolute atomic E-state index is 0.0149. The molecular formula is C20H24N2O5S. The van der Waals surface area contributed by atoms with Crippen LogP contribution in [0.3, 0.4) is 0 Å². The smallest absolute Gasteiger partial charge is 0.265 e. The first kappa shape index (κ1) is 20.2. The number of nitrogens with zero attached hydrogens (tertiary/aromatic N) is 1. The lowest BCUT2D eigenvalue weighted by Crippen LogP contribution is -2.37.